The molecule has 0 fully saturated rings. The highest BCUT2D eigenvalue weighted by molar-refractivity contribution is 7.99. The van der Waals surface area contributed by atoms with Crippen molar-refractivity contribution in [2.75, 3.05) is 18.1 Å². The van der Waals surface area contributed by atoms with Crippen LogP contribution in [-0.4, -0.2) is 12.8 Å². The van der Waals surface area contributed by atoms with E-state index in [2.05, 4.69) is 36.5 Å². The summed E-state index contributed by atoms with van der Waals surface area (Å²) in [7, 11) is 1.95. The van der Waals surface area contributed by atoms with Crippen molar-refractivity contribution in [2.45, 2.75) is 43.9 Å². The van der Waals surface area contributed by atoms with Crippen LogP contribution < -0.4 is 5.32 Å². The molecule has 1 nitrogen and oxygen atoms in total. The summed E-state index contributed by atoms with van der Waals surface area (Å²) in [6, 6.07) is 8.67. The molecule has 0 bridgehead atoms. The lowest BCUT2D eigenvalue weighted by Gasteiger charge is -2.03. The standard InChI is InChI=1S/C14H23NS/c1-3-4-5-6-7-12-16-14-10-8-13(15-2)9-11-14/h8-11,15H,3-7,12H2,1-2H3. The SMILES string of the molecule is CCCCCCCSc1ccc(NC)cc1. The quantitative estimate of drug-likeness (QED) is 0.515. The highest BCUT2D eigenvalue weighted by Crippen LogP contribution is 2.21. The number of unbranched alkanes of at least 4 members (excludes halogenated alkanes) is 4. The van der Waals surface area contributed by atoms with Crippen LogP contribution in [0.15, 0.2) is 29.2 Å². The zero-order chi connectivity index (χ0) is 11.6. The van der Waals surface area contributed by atoms with Gasteiger partial charge in [-0.3, -0.25) is 0 Å². The van der Waals surface area contributed by atoms with Crippen LogP contribution in [0.1, 0.15) is 39.0 Å². The first-order valence-corrected chi connectivity index (χ1v) is 7.26. The second-order valence-corrected chi connectivity index (χ2v) is 5.21. The molecule has 0 atom stereocenters. The fourth-order valence-corrected chi connectivity index (χ4v) is 2.53. The van der Waals surface area contributed by atoms with Crippen LogP contribution in [0.5, 0.6) is 0 Å². The minimum Gasteiger partial charge on any atom is -0.388 e. The third-order valence-electron chi connectivity index (χ3n) is 2.66. The summed E-state index contributed by atoms with van der Waals surface area (Å²) in [5.74, 6) is 1.25. The molecule has 0 saturated carbocycles. The Labute approximate surface area is 104 Å². The van der Waals surface area contributed by atoms with Gasteiger partial charge < -0.3 is 5.32 Å². The molecule has 0 spiro atoms. The van der Waals surface area contributed by atoms with Gasteiger partial charge in [-0.1, -0.05) is 32.6 Å². The van der Waals surface area contributed by atoms with Gasteiger partial charge in [-0.15, -0.1) is 11.8 Å². The number of rotatable bonds is 8. The lowest BCUT2D eigenvalue weighted by molar-refractivity contribution is 0.659. The Hall–Kier alpha value is -0.630. The molecule has 0 saturated heterocycles. The molecule has 0 aliphatic carbocycles. The molecule has 0 amide bonds. The molecule has 2 heteroatoms. The van der Waals surface area contributed by atoms with E-state index in [-0.39, 0.29) is 0 Å². The second-order valence-electron chi connectivity index (χ2n) is 4.04. The van der Waals surface area contributed by atoms with E-state index < -0.39 is 0 Å². The van der Waals surface area contributed by atoms with Crippen LogP contribution in [0.3, 0.4) is 0 Å². The average Bonchev–Trinajstić information content (AvgIpc) is 2.34. The Kier molecular flexibility index (Phi) is 7.15. The van der Waals surface area contributed by atoms with E-state index in [4.69, 9.17) is 0 Å². The molecule has 0 aliphatic rings. The number of nitrogens with one attached hydrogen (secondary N) is 1. The van der Waals surface area contributed by atoms with Gasteiger partial charge in [-0.2, -0.15) is 0 Å². The number of benzene rings is 1. The molecule has 0 aromatic heterocycles. The fraction of sp³-hybridized carbons (Fsp3) is 0.571. The first-order chi connectivity index (χ1) is 7.86. The van der Waals surface area contributed by atoms with E-state index in [1.54, 1.807) is 0 Å². The molecule has 1 aromatic carbocycles. The maximum absolute atomic E-state index is 3.14. The third-order valence-corrected chi connectivity index (χ3v) is 3.76. The van der Waals surface area contributed by atoms with Gasteiger partial charge in [0.15, 0.2) is 0 Å². The van der Waals surface area contributed by atoms with E-state index in [1.807, 2.05) is 18.8 Å². The summed E-state index contributed by atoms with van der Waals surface area (Å²) in [4.78, 5) is 1.38. The third kappa shape index (κ3) is 5.45. The molecule has 0 radical (unpaired) electrons. The van der Waals surface area contributed by atoms with Crippen LogP contribution >= 0.6 is 11.8 Å². The summed E-state index contributed by atoms with van der Waals surface area (Å²) in [6.07, 6.45) is 6.85. The van der Waals surface area contributed by atoms with Gasteiger partial charge in [0, 0.05) is 17.6 Å². The summed E-state index contributed by atoms with van der Waals surface area (Å²) in [6.45, 7) is 2.26. The molecule has 0 heterocycles. The Balaban J connectivity index is 2.12. The summed E-state index contributed by atoms with van der Waals surface area (Å²) in [5, 5.41) is 3.14. The monoisotopic (exact) mass is 237 g/mol. The van der Waals surface area contributed by atoms with Crippen molar-refractivity contribution in [2.24, 2.45) is 0 Å². The van der Waals surface area contributed by atoms with Crippen molar-refractivity contribution < 1.29 is 0 Å². The normalized spacial score (nSPS) is 10.4. The number of hydrogen-bond acceptors (Lipinski definition) is 2. The second kappa shape index (κ2) is 8.51. The van der Waals surface area contributed by atoms with Crippen LogP contribution in [-0.2, 0) is 0 Å². The first-order valence-electron chi connectivity index (χ1n) is 6.27. The molecule has 16 heavy (non-hydrogen) atoms. The Bertz CT molecular complexity index is 269. The Morgan fingerprint density at radius 3 is 2.31 bits per heavy atom. The van der Waals surface area contributed by atoms with Crippen LogP contribution in [0, 0.1) is 0 Å². The Morgan fingerprint density at radius 1 is 1.00 bits per heavy atom. The van der Waals surface area contributed by atoms with Crippen molar-refractivity contribution in [1.29, 1.82) is 0 Å². The van der Waals surface area contributed by atoms with E-state index in [9.17, 15) is 0 Å². The molecule has 1 N–H and O–H groups in total. The van der Waals surface area contributed by atoms with Crippen molar-refractivity contribution in [3.05, 3.63) is 24.3 Å². The first kappa shape index (κ1) is 13.4. The highest BCUT2D eigenvalue weighted by Gasteiger charge is 1.94. The minimum absolute atomic E-state index is 1.19. The smallest absolute Gasteiger partial charge is 0.0338 e. The fourth-order valence-electron chi connectivity index (χ4n) is 1.61. The van der Waals surface area contributed by atoms with Gasteiger partial charge in [0.25, 0.3) is 0 Å². The molecular weight excluding hydrogens is 214 g/mol. The zero-order valence-corrected chi connectivity index (χ0v) is 11.3. The average molecular weight is 237 g/mol. The van der Waals surface area contributed by atoms with Crippen LogP contribution in [0.4, 0.5) is 5.69 Å². The number of anilines is 1. The van der Waals surface area contributed by atoms with Gasteiger partial charge in [0.2, 0.25) is 0 Å². The summed E-state index contributed by atoms with van der Waals surface area (Å²) >= 11 is 1.97. The van der Waals surface area contributed by atoms with Crippen LogP contribution in [0.25, 0.3) is 0 Å². The Morgan fingerprint density at radius 2 is 1.69 bits per heavy atom. The van der Waals surface area contributed by atoms with Crippen molar-refractivity contribution in [1.82, 2.24) is 0 Å². The van der Waals surface area contributed by atoms with Crippen molar-refractivity contribution in [3.8, 4) is 0 Å². The summed E-state index contributed by atoms with van der Waals surface area (Å²) in [5.41, 5.74) is 1.19. The van der Waals surface area contributed by atoms with Gasteiger partial charge in [0.1, 0.15) is 0 Å². The maximum Gasteiger partial charge on any atom is 0.0338 e. The highest BCUT2D eigenvalue weighted by atomic mass is 32.2. The van der Waals surface area contributed by atoms with Gasteiger partial charge in [-0.25, -0.2) is 0 Å². The predicted molar refractivity (Wildman–Crippen MR) is 75.5 cm³/mol. The van der Waals surface area contributed by atoms with Gasteiger partial charge >= 0.3 is 0 Å². The predicted octanol–water partition coefficient (Wildman–Crippen LogP) is 4.79. The topological polar surface area (TPSA) is 12.0 Å². The summed E-state index contributed by atoms with van der Waals surface area (Å²) < 4.78 is 0. The van der Waals surface area contributed by atoms with E-state index in [0.29, 0.717) is 0 Å². The van der Waals surface area contributed by atoms with Gasteiger partial charge in [-0.05, 0) is 36.4 Å². The zero-order valence-electron chi connectivity index (χ0n) is 10.5. The largest absolute Gasteiger partial charge is 0.388 e. The minimum atomic E-state index is 1.19. The van der Waals surface area contributed by atoms with Crippen LogP contribution in [0.2, 0.25) is 0 Å². The van der Waals surface area contributed by atoms with E-state index in [0.717, 1.165) is 0 Å². The molecule has 0 unspecified atom stereocenters. The molecule has 0 aliphatic heterocycles. The lowest BCUT2D eigenvalue weighted by Crippen LogP contribution is -1.87. The number of hydrogen-bond donors (Lipinski definition) is 1. The molecular formula is C14H23NS. The number of thioether (sulfide) groups is 1. The van der Waals surface area contributed by atoms with E-state index in [1.165, 1.54) is 48.4 Å². The van der Waals surface area contributed by atoms with Crippen molar-refractivity contribution in [3.63, 3.8) is 0 Å². The molecule has 90 valence electrons. The molecule has 1 aromatic rings. The van der Waals surface area contributed by atoms with Crippen molar-refractivity contribution >= 4 is 17.4 Å². The van der Waals surface area contributed by atoms with E-state index >= 15 is 0 Å². The lowest BCUT2D eigenvalue weighted by atomic mass is 10.2. The van der Waals surface area contributed by atoms with Gasteiger partial charge in [0.05, 0.1) is 0 Å². The maximum atomic E-state index is 3.14. The molecule has 1 rings (SSSR count).